The number of aromatic nitrogens is 2. The third kappa shape index (κ3) is 3.24. The Morgan fingerprint density at radius 3 is 2.94 bits per heavy atom. The zero-order valence-electron chi connectivity index (χ0n) is 10.0. The van der Waals surface area contributed by atoms with Crippen LogP contribution in [0.3, 0.4) is 0 Å². The monoisotopic (exact) mass is 396 g/mol. The Morgan fingerprint density at radius 2 is 2.28 bits per heavy atom. The summed E-state index contributed by atoms with van der Waals surface area (Å²) in [7, 11) is -0.741. The molecule has 1 heterocycles. The van der Waals surface area contributed by atoms with Crippen molar-refractivity contribution in [2.24, 2.45) is 0 Å². The number of benzene rings is 1. The quantitative estimate of drug-likeness (QED) is 0.575. The number of fused-ring (bicyclic) bond motifs is 1. The zero-order valence-corrected chi connectivity index (χ0v) is 13.8. The van der Waals surface area contributed by atoms with Gasteiger partial charge in [0.2, 0.25) is 0 Å². The number of halogens is 2. The Balaban J connectivity index is 2.31. The van der Waals surface area contributed by atoms with Gasteiger partial charge in [-0.15, -0.1) is 11.6 Å². The van der Waals surface area contributed by atoms with Crippen molar-refractivity contribution in [2.75, 3.05) is 12.0 Å². The van der Waals surface area contributed by atoms with Crippen LogP contribution in [0.15, 0.2) is 18.2 Å². The third-order valence-electron chi connectivity index (χ3n) is 2.72. The molecule has 0 bridgehead atoms. The van der Waals surface area contributed by atoms with Crippen LogP contribution in [-0.4, -0.2) is 25.8 Å². The van der Waals surface area contributed by atoms with E-state index in [1.807, 2.05) is 0 Å². The number of rotatable bonds is 5. The number of hydrogen-bond donors (Lipinski definition) is 0. The first-order valence-electron chi connectivity index (χ1n) is 5.62. The molecule has 0 aliphatic rings. The molecule has 3 nitrogen and oxygen atoms in total. The highest BCUT2D eigenvalue weighted by atomic mass is 127. The summed E-state index contributed by atoms with van der Waals surface area (Å²) in [6, 6.07) is 6.19. The van der Waals surface area contributed by atoms with E-state index in [1.165, 1.54) is 3.57 Å². The van der Waals surface area contributed by atoms with E-state index in [-0.39, 0.29) is 0 Å². The van der Waals surface area contributed by atoms with Crippen molar-refractivity contribution in [3.63, 3.8) is 0 Å². The SMILES string of the molecule is CS(=O)CCCn1c(CCl)nc2cc(I)ccc21. The lowest BCUT2D eigenvalue weighted by Crippen LogP contribution is -2.06. The fourth-order valence-electron chi connectivity index (χ4n) is 1.93. The van der Waals surface area contributed by atoms with Gasteiger partial charge in [-0.25, -0.2) is 4.98 Å². The van der Waals surface area contributed by atoms with Gasteiger partial charge in [0, 0.05) is 32.9 Å². The highest BCUT2D eigenvalue weighted by molar-refractivity contribution is 14.1. The maximum absolute atomic E-state index is 11.1. The Morgan fingerprint density at radius 1 is 1.50 bits per heavy atom. The summed E-state index contributed by atoms with van der Waals surface area (Å²) in [5, 5.41) is 0. The molecule has 2 rings (SSSR count). The van der Waals surface area contributed by atoms with Gasteiger partial charge in [-0.2, -0.15) is 0 Å². The molecule has 0 aliphatic heterocycles. The Hall–Kier alpha value is -0.140. The fraction of sp³-hybridized carbons (Fsp3) is 0.417. The van der Waals surface area contributed by atoms with Gasteiger partial charge in [0.25, 0.3) is 0 Å². The second-order valence-electron chi connectivity index (χ2n) is 4.08. The molecule has 1 aromatic carbocycles. The van der Waals surface area contributed by atoms with Crippen LogP contribution in [0.1, 0.15) is 12.2 Å². The summed E-state index contributed by atoms with van der Waals surface area (Å²) in [5.41, 5.74) is 2.09. The van der Waals surface area contributed by atoms with E-state index in [0.717, 1.165) is 29.8 Å². The highest BCUT2D eigenvalue weighted by Crippen LogP contribution is 2.20. The van der Waals surface area contributed by atoms with E-state index < -0.39 is 10.8 Å². The predicted molar refractivity (Wildman–Crippen MR) is 85.6 cm³/mol. The average molecular weight is 397 g/mol. The molecule has 1 aromatic heterocycles. The molecule has 1 unspecified atom stereocenters. The van der Waals surface area contributed by atoms with Crippen molar-refractivity contribution in [3.8, 4) is 0 Å². The number of aryl methyl sites for hydroxylation is 1. The first-order valence-corrected chi connectivity index (χ1v) is 8.96. The summed E-state index contributed by atoms with van der Waals surface area (Å²) in [5.74, 6) is 2.00. The predicted octanol–water partition coefficient (Wildman–Crippen LogP) is 3.15. The van der Waals surface area contributed by atoms with E-state index in [2.05, 4.69) is 50.3 Å². The molecule has 98 valence electrons. The van der Waals surface area contributed by atoms with E-state index in [9.17, 15) is 4.21 Å². The lowest BCUT2D eigenvalue weighted by Gasteiger charge is -2.06. The first kappa shape index (κ1) is 14.3. The molecule has 2 aromatic rings. The summed E-state index contributed by atoms with van der Waals surface area (Å²) < 4.78 is 14.4. The van der Waals surface area contributed by atoms with Crippen molar-refractivity contribution < 1.29 is 4.21 Å². The van der Waals surface area contributed by atoms with Gasteiger partial charge in [0.05, 0.1) is 16.9 Å². The zero-order chi connectivity index (χ0) is 13.1. The van der Waals surface area contributed by atoms with Crippen molar-refractivity contribution in [3.05, 3.63) is 27.6 Å². The third-order valence-corrected chi connectivity index (χ3v) is 4.50. The molecular formula is C12H14ClIN2OS. The van der Waals surface area contributed by atoms with Gasteiger partial charge in [-0.05, 0) is 47.2 Å². The van der Waals surface area contributed by atoms with Crippen LogP contribution in [-0.2, 0) is 23.2 Å². The number of nitrogens with zero attached hydrogens (tertiary/aromatic N) is 2. The van der Waals surface area contributed by atoms with Crippen LogP contribution in [0.25, 0.3) is 11.0 Å². The standard InChI is InChI=1S/C12H14ClIN2OS/c1-18(17)6-2-5-16-11-4-3-9(14)7-10(11)15-12(16)8-13/h3-4,7H,2,5-6,8H2,1H3. The van der Waals surface area contributed by atoms with Crippen LogP contribution in [0.2, 0.25) is 0 Å². The van der Waals surface area contributed by atoms with Crippen LogP contribution in [0.4, 0.5) is 0 Å². The van der Waals surface area contributed by atoms with E-state index in [0.29, 0.717) is 11.6 Å². The smallest absolute Gasteiger partial charge is 0.124 e. The molecule has 0 aliphatic carbocycles. The van der Waals surface area contributed by atoms with Crippen molar-refractivity contribution in [1.29, 1.82) is 0 Å². The van der Waals surface area contributed by atoms with Gasteiger partial charge >= 0.3 is 0 Å². The van der Waals surface area contributed by atoms with Gasteiger partial charge in [-0.1, -0.05) is 0 Å². The minimum absolute atomic E-state index is 0.403. The van der Waals surface area contributed by atoms with Crippen LogP contribution >= 0.6 is 34.2 Å². The van der Waals surface area contributed by atoms with Crippen LogP contribution in [0, 0.1) is 3.57 Å². The molecule has 0 fully saturated rings. The molecule has 0 radical (unpaired) electrons. The molecule has 0 spiro atoms. The van der Waals surface area contributed by atoms with Crippen molar-refractivity contribution >= 4 is 56.0 Å². The largest absolute Gasteiger partial charge is 0.327 e. The van der Waals surface area contributed by atoms with Crippen molar-refractivity contribution in [2.45, 2.75) is 18.8 Å². The van der Waals surface area contributed by atoms with Gasteiger partial charge < -0.3 is 4.57 Å². The van der Waals surface area contributed by atoms with Gasteiger partial charge in [0.1, 0.15) is 5.82 Å². The maximum atomic E-state index is 11.1. The Bertz CT molecular complexity index is 585. The molecule has 0 saturated heterocycles. The van der Waals surface area contributed by atoms with Gasteiger partial charge in [-0.3, -0.25) is 4.21 Å². The molecule has 18 heavy (non-hydrogen) atoms. The van der Waals surface area contributed by atoms with E-state index >= 15 is 0 Å². The highest BCUT2D eigenvalue weighted by Gasteiger charge is 2.10. The second-order valence-corrected chi connectivity index (χ2v) is 7.14. The summed E-state index contributed by atoms with van der Waals surface area (Å²) in [6.45, 7) is 0.818. The summed E-state index contributed by atoms with van der Waals surface area (Å²) >= 11 is 8.22. The first-order chi connectivity index (χ1) is 8.61. The normalized spacial score (nSPS) is 13.1. The Kier molecular flexibility index (Phi) is 5.03. The molecule has 0 amide bonds. The summed E-state index contributed by atoms with van der Waals surface area (Å²) in [6.07, 6.45) is 2.61. The van der Waals surface area contributed by atoms with E-state index in [1.54, 1.807) is 6.26 Å². The minimum atomic E-state index is -0.741. The van der Waals surface area contributed by atoms with Crippen LogP contribution in [0.5, 0.6) is 0 Å². The summed E-state index contributed by atoms with van der Waals surface area (Å²) in [4.78, 5) is 4.54. The molecule has 1 atom stereocenters. The number of hydrogen-bond acceptors (Lipinski definition) is 2. The topological polar surface area (TPSA) is 34.9 Å². The van der Waals surface area contributed by atoms with Crippen molar-refractivity contribution in [1.82, 2.24) is 9.55 Å². The Labute approximate surface area is 128 Å². The van der Waals surface area contributed by atoms with Crippen LogP contribution < -0.4 is 0 Å². The van der Waals surface area contributed by atoms with E-state index in [4.69, 9.17) is 11.6 Å². The lowest BCUT2D eigenvalue weighted by molar-refractivity contribution is 0.657. The molecule has 0 saturated carbocycles. The molecule has 0 N–H and O–H groups in total. The lowest BCUT2D eigenvalue weighted by atomic mass is 10.3. The molecular weight excluding hydrogens is 383 g/mol. The minimum Gasteiger partial charge on any atom is -0.327 e. The second kappa shape index (κ2) is 6.34. The maximum Gasteiger partial charge on any atom is 0.124 e. The number of alkyl halides is 1. The average Bonchev–Trinajstić information content (AvgIpc) is 2.66. The molecule has 6 heteroatoms. The fourth-order valence-corrected chi connectivity index (χ4v) is 3.14. The number of imidazole rings is 1. The van der Waals surface area contributed by atoms with Gasteiger partial charge in [0.15, 0.2) is 0 Å².